The van der Waals surface area contributed by atoms with E-state index >= 15 is 0 Å². The van der Waals surface area contributed by atoms with Gasteiger partial charge in [-0.2, -0.15) is 0 Å². The molecule has 1 aliphatic rings. The third kappa shape index (κ3) is 3.39. The predicted molar refractivity (Wildman–Crippen MR) is 97.9 cm³/mol. The Balaban J connectivity index is 1.88. The quantitative estimate of drug-likeness (QED) is 0.811. The van der Waals surface area contributed by atoms with Crippen LogP contribution < -0.4 is 15.0 Å². The van der Waals surface area contributed by atoms with Gasteiger partial charge in [0.25, 0.3) is 5.56 Å². The zero-order chi connectivity index (χ0) is 18.7. The molecule has 1 amide bonds. The third-order valence-electron chi connectivity index (χ3n) is 4.87. The minimum atomic E-state index is -0.225. The SMILES string of the molecule is COc1ccc2c(=O)n(CC(=O)N3CCC[C@@H](OC)C3)ccc2c1OC. The van der Waals surface area contributed by atoms with E-state index in [0.29, 0.717) is 35.4 Å². The molecule has 26 heavy (non-hydrogen) atoms. The van der Waals surface area contributed by atoms with E-state index in [2.05, 4.69) is 0 Å². The van der Waals surface area contributed by atoms with Crippen LogP contribution in [0.25, 0.3) is 10.8 Å². The molecule has 1 aromatic heterocycles. The summed E-state index contributed by atoms with van der Waals surface area (Å²) in [6.45, 7) is 1.29. The summed E-state index contributed by atoms with van der Waals surface area (Å²) in [5.74, 6) is 1.00. The number of hydrogen-bond donors (Lipinski definition) is 0. The predicted octanol–water partition coefficient (Wildman–Crippen LogP) is 1.66. The van der Waals surface area contributed by atoms with Gasteiger partial charge in [0.15, 0.2) is 11.5 Å². The molecule has 1 atom stereocenters. The number of likely N-dealkylation sites (tertiary alicyclic amines) is 1. The average molecular weight is 360 g/mol. The van der Waals surface area contributed by atoms with Gasteiger partial charge in [-0.25, -0.2) is 0 Å². The van der Waals surface area contributed by atoms with Crippen LogP contribution in [0.2, 0.25) is 0 Å². The van der Waals surface area contributed by atoms with Crippen LogP contribution in [0.5, 0.6) is 11.5 Å². The molecular weight excluding hydrogens is 336 g/mol. The van der Waals surface area contributed by atoms with Gasteiger partial charge in [0, 0.05) is 31.8 Å². The second kappa shape index (κ2) is 7.78. The molecule has 7 nitrogen and oxygen atoms in total. The number of benzene rings is 1. The van der Waals surface area contributed by atoms with Crippen molar-refractivity contribution in [3.63, 3.8) is 0 Å². The van der Waals surface area contributed by atoms with Crippen molar-refractivity contribution in [3.8, 4) is 11.5 Å². The van der Waals surface area contributed by atoms with Crippen LogP contribution in [0, 0.1) is 0 Å². The Hall–Kier alpha value is -2.54. The number of carbonyl (C=O) groups is 1. The van der Waals surface area contributed by atoms with Crippen molar-refractivity contribution in [3.05, 3.63) is 34.7 Å². The highest BCUT2D eigenvalue weighted by molar-refractivity contribution is 5.90. The zero-order valence-corrected chi connectivity index (χ0v) is 15.4. The van der Waals surface area contributed by atoms with Gasteiger partial charge >= 0.3 is 0 Å². The number of pyridine rings is 1. The fourth-order valence-corrected chi connectivity index (χ4v) is 3.42. The fraction of sp³-hybridized carbons (Fsp3) is 0.474. The van der Waals surface area contributed by atoms with E-state index in [1.807, 2.05) is 0 Å². The zero-order valence-electron chi connectivity index (χ0n) is 15.4. The first-order valence-electron chi connectivity index (χ1n) is 8.63. The summed E-state index contributed by atoms with van der Waals surface area (Å²) < 4.78 is 17.5. The molecule has 0 bridgehead atoms. The summed E-state index contributed by atoms with van der Waals surface area (Å²) in [7, 11) is 4.75. The number of rotatable bonds is 5. The summed E-state index contributed by atoms with van der Waals surface area (Å²) in [6.07, 6.45) is 3.56. The summed E-state index contributed by atoms with van der Waals surface area (Å²) in [5, 5.41) is 1.16. The van der Waals surface area contributed by atoms with Gasteiger partial charge in [-0.15, -0.1) is 0 Å². The molecule has 0 spiro atoms. The minimum absolute atomic E-state index is 0.0134. The number of methoxy groups -OCH3 is 3. The summed E-state index contributed by atoms with van der Waals surface area (Å²) in [6, 6.07) is 5.17. The molecule has 140 valence electrons. The molecule has 2 heterocycles. The minimum Gasteiger partial charge on any atom is -0.493 e. The molecule has 3 rings (SSSR count). The number of ether oxygens (including phenoxy) is 3. The Bertz CT molecular complexity index is 861. The molecule has 1 fully saturated rings. The summed E-state index contributed by atoms with van der Waals surface area (Å²) in [5.41, 5.74) is -0.225. The lowest BCUT2D eigenvalue weighted by Crippen LogP contribution is -2.45. The molecule has 7 heteroatoms. The molecular formula is C19H24N2O5. The van der Waals surface area contributed by atoms with E-state index in [1.165, 1.54) is 11.7 Å². The van der Waals surface area contributed by atoms with Crippen LogP contribution >= 0.6 is 0 Å². The van der Waals surface area contributed by atoms with E-state index in [-0.39, 0.29) is 24.1 Å². The lowest BCUT2D eigenvalue weighted by atomic mass is 10.1. The topological polar surface area (TPSA) is 70.0 Å². The molecule has 2 aromatic rings. The molecule has 1 saturated heterocycles. The van der Waals surface area contributed by atoms with E-state index in [9.17, 15) is 9.59 Å². The van der Waals surface area contributed by atoms with Crippen molar-refractivity contribution >= 4 is 16.7 Å². The standard InChI is InChI=1S/C19H24N2O5/c1-24-13-5-4-9-20(11-13)17(22)12-21-10-8-14-15(19(21)23)6-7-16(25-2)18(14)26-3/h6-8,10,13H,4-5,9,11-12H2,1-3H3/t13-/m1/s1. The van der Waals surface area contributed by atoms with Crippen molar-refractivity contribution in [1.29, 1.82) is 0 Å². The Kier molecular flexibility index (Phi) is 5.46. The average Bonchev–Trinajstić information content (AvgIpc) is 2.69. The van der Waals surface area contributed by atoms with E-state index in [1.54, 1.807) is 43.5 Å². The Morgan fingerprint density at radius 3 is 2.65 bits per heavy atom. The molecule has 0 radical (unpaired) electrons. The third-order valence-corrected chi connectivity index (χ3v) is 4.87. The number of nitrogens with zero attached hydrogens (tertiary/aromatic N) is 2. The van der Waals surface area contributed by atoms with Crippen LogP contribution in [0.15, 0.2) is 29.2 Å². The number of carbonyl (C=O) groups excluding carboxylic acids is 1. The lowest BCUT2D eigenvalue weighted by molar-refractivity contribution is -0.135. The maximum atomic E-state index is 12.8. The normalized spacial score (nSPS) is 17.3. The second-order valence-electron chi connectivity index (χ2n) is 6.35. The van der Waals surface area contributed by atoms with Gasteiger partial charge in [0.05, 0.1) is 25.7 Å². The maximum Gasteiger partial charge on any atom is 0.259 e. The maximum absolute atomic E-state index is 12.8. The highest BCUT2D eigenvalue weighted by Crippen LogP contribution is 2.33. The van der Waals surface area contributed by atoms with Gasteiger partial charge in [0.2, 0.25) is 5.91 Å². The van der Waals surface area contributed by atoms with Gasteiger partial charge in [0.1, 0.15) is 6.54 Å². The first kappa shape index (κ1) is 18.3. The van der Waals surface area contributed by atoms with Gasteiger partial charge in [-0.1, -0.05) is 0 Å². The number of piperidine rings is 1. The van der Waals surface area contributed by atoms with E-state index in [0.717, 1.165) is 12.8 Å². The van der Waals surface area contributed by atoms with Crippen molar-refractivity contribution in [2.24, 2.45) is 0 Å². The van der Waals surface area contributed by atoms with Crippen LogP contribution in [0.4, 0.5) is 0 Å². The summed E-state index contributed by atoms with van der Waals surface area (Å²) in [4.78, 5) is 27.2. The van der Waals surface area contributed by atoms with Crippen molar-refractivity contribution in [1.82, 2.24) is 9.47 Å². The molecule has 0 unspecified atom stereocenters. The van der Waals surface area contributed by atoms with Crippen LogP contribution in [-0.4, -0.2) is 55.9 Å². The largest absolute Gasteiger partial charge is 0.493 e. The lowest BCUT2D eigenvalue weighted by Gasteiger charge is -2.32. The van der Waals surface area contributed by atoms with E-state index < -0.39 is 0 Å². The highest BCUT2D eigenvalue weighted by atomic mass is 16.5. The van der Waals surface area contributed by atoms with Crippen LogP contribution in [-0.2, 0) is 16.1 Å². The smallest absolute Gasteiger partial charge is 0.259 e. The van der Waals surface area contributed by atoms with Gasteiger partial charge in [-0.3, -0.25) is 9.59 Å². The van der Waals surface area contributed by atoms with Crippen molar-refractivity contribution in [2.75, 3.05) is 34.4 Å². The molecule has 0 N–H and O–H groups in total. The molecule has 0 aliphatic carbocycles. The number of aromatic nitrogens is 1. The first-order valence-corrected chi connectivity index (χ1v) is 8.63. The number of hydrogen-bond acceptors (Lipinski definition) is 5. The van der Waals surface area contributed by atoms with Crippen molar-refractivity contribution < 1.29 is 19.0 Å². The number of fused-ring (bicyclic) bond motifs is 1. The number of amides is 1. The first-order chi connectivity index (χ1) is 12.6. The van der Waals surface area contributed by atoms with Gasteiger partial charge in [-0.05, 0) is 31.0 Å². The fourth-order valence-electron chi connectivity index (χ4n) is 3.42. The Labute approximate surface area is 152 Å². The molecule has 1 aliphatic heterocycles. The Morgan fingerprint density at radius 2 is 1.96 bits per heavy atom. The van der Waals surface area contributed by atoms with E-state index in [4.69, 9.17) is 14.2 Å². The second-order valence-corrected chi connectivity index (χ2v) is 6.35. The highest BCUT2D eigenvalue weighted by Gasteiger charge is 2.24. The molecule has 1 aromatic carbocycles. The van der Waals surface area contributed by atoms with Crippen molar-refractivity contribution in [2.45, 2.75) is 25.5 Å². The van der Waals surface area contributed by atoms with Gasteiger partial charge < -0.3 is 23.7 Å². The summed E-state index contributed by atoms with van der Waals surface area (Å²) >= 11 is 0. The van der Waals surface area contributed by atoms with Crippen LogP contribution in [0.3, 0.4) is 0 Å². The molecule has 0 saturated carbocycles. The monoisotopic (exact) mass is 360 g/mol. The van der Waals surface area contributed by atoms with Crippen LogP contribution in [0.1, 0.15) is 12.8 Å². The Morgan fingerprint density at radius 1 is 1.15 bits per heavy atom.